The third-order valence-corrected chi connectivity index (χ3v) is 4.08. The van der Waals surface area contributed by atoms with E-state index in [0.717, 1.165) is 36.4 Å². The molecule has 1 aliphatic rings. The lowest BCUT2D eigenvalue weighted by atomic mass is 10.0. The van der Waals surface area contributed by atoms with E-state index in [1.807, 2.05) is 23.1 Å². The van der Waals surface area contributed by atoms with Crippen LogP contribution in [0.3, 0.4) is 0 Å². The minimum Gasteiger partial charge on any atom is -0.497 e. The summed E-state index contributed by atoms with van der Waals surface area (Å²) in [7, 11) is 3.26. The van der Waals surface area contributed by atoms with Crippen LogP contribution in [0.4, 0.5) is 0 Å². The van der Waals surface area contributed by atoms with Crippen molar-refractivity contribution in [3.8, 4) is 11.5 Å². The van der Waals surface area contributed by atoms with Gasteiger partial charge in [0.2, 0.25) is 0 Å². The largest absolute Gasteiger partial charge is 0.497 e. The Hall–Kier alpha value is -2.43. The van der Waals surface area contributed by atoms with Crippen LogP contribution in [0.5, 0.6) is 11.5 Å². The zero-order valence-electron chi connectivity index (χ0n) is 12.7. The van der Waals surface area contributed by atoms with Gasteiger partial charge in [0.25, 0.3) is 5.91 Å². The van der Waals surface area contributed by atoms with Gasteiger partial charge in [-0.15, -0.1) is 0 Å². The number of hydrogen-bond acceptors (Lipinski definition) is 4. The molecule has 1 unspecified atom stereocenters. The van der Waals surface area contributed by atoms with Crippen molar-refractivity contribution in [2.45, 2.75) is 18.9 Å². The average Bonchev–Trinajstić information content (AvgIpc) is 3.24. The molecule has 116 valence electrons. The second-order valence-electron chi connectivity index (χ2n) is 5.28. The Kier molecular flexibility index (Phi) is 4.04. The van der Waals surface area contributed by atoms with E-state index in [2.05, 4.69) is 0 Å². The second kappa shape index (κ2) is 6.13. The summed E-state index contributed by atoms with van der Waals surface area (Å²) in [6.45, 7) is 0.740. The van der Waals surface area contributed by atoms with Crippen molar-refractivity contribution in [3.63, 3.8) is 0 Å². The molecule has 0 N–H and O–H groups in total. The smallest absolute Gasteiger partial charge is 0.257 e. The van der Waals surface area contributed by atoms with Crippen molar-refractivity contribution in [2.75, 3.05) is 20.8 Å². The molecule has 0 spiro atoms. The Morgan fingerprint density at radius 2 is 2.14 bits per heavy atom. The Morgan fingerprint density at radius 3 is 2.82 bits per heavy atom. The lowest BCUT2D eigenvalue weighted by Gasteiger charge is -2.26. The fourth-order valence-electron chi connectivity index (χ4n) is 2.98. The summed E-state index contributed by atoms with van der Waals surface area (Å²) in [4.78, 5) is 14.5. The number of ether oxygens (including phenoxy) is 2. The first-order chi connectivity index (χ1) is 10.7. The molecule has 1 amide bonds. The molecule has 0 saturated carbocycles. The number of methoxy groups -OCH3 is 2. The van der Waals surface area contributed by atoms with Gasteiger partial charge in [0.15, 0.2) is 0 Å². The van der Waals surface area contributed by atoms with Gasteiger partial charge >= 0.3 is 0 Å². The predicted octanol–water partition coefficient (Wildman–Crippen LogP) is 3.27. The van der Waals surface area contributed by atoms with Gasteiger partial charge in [-0.05, 0) is 31.0 Å². The van der Waals surface area contributed by atoms with E-state index < -0.39 is 0 Å². The Balaban J connectivity index is 1.91. The highest BCUT2D eigenvalue weighted by Gasteiger charge is 2.32. The third-order valence-electron chi connectivity index (χ3n) is 4.08. The van der Waals surface area contributed by atoms with E-state index >= 15 is 0 Å². The first-order valence-corrected chi connectivity index (χ1v) is 7.29. The summed E-state index contributed by atoms with van der Waals surface area (Å²) in [6.07, 6.45) is 4.91. The quantitative estimate of drug-likeness (QED) is 0.869. The Labute approximate surface area is 129 Å². The first kappa shape index (κ1) is 14.5. The maximum Gasteiger partial charge on any atom is 0.257 e. The molecule has 1 aromatic carbocycles. The molecule has 2 aromatic rings. The molecule has 0 bridgehead atoms. The molecule has 1 aromatic heterocycles. The Bertz CT molecular complexity index is 651. The van der Waals surface area contributed by atoms with Crippen LogP contribution >= 0.6 is 0 Å². The second-order valence-corrected chi connectivity index (χ2v) is 5.28. The van der Waals surface area contributed by atoms with Gasteiger partial charge in [0.1, 0.15) is 17.8 Å². The number of likely N-dealkylation sites (tertiary alicyclic amines) is 1. The van der Waals surface area contributed by atoms with E-state index in [4.69, 9.17) is 13.9 Å². The number of hydrogen-bond donors (Lipinski definition) is 0. The minimum atomic E-state index is -0.00544. The fraction of sp³-hybridized carbons (Fsp3) is 0.353. The van der Waals surface area contributed by atoms with Crippen molar-refractivity contribution in [2.24, 2.45) is 0 Å². The van der Waals surface area contributed by atoms with E-state index in [1.165, 1.54) is 12.5 Å². The monoisotopic (exact) mass is 301 g/mol. The zero-order chi connectivity index (χ0) is 15.5. The van der Waals surface area contributed by atoms with Crippen molar-refractivity contribution in [1.29, 1.82) is 0 Å². The van der Waals surface area contributed by atoms with E-state index in [9.17, 15) is 4.79 Å². The molecule has 1 aliphatic heterocycles. The highest BCUT2D eigenvalue weighted by molar-refractivity contribution is 5.94. The first-order valence-electron chi connectivity index (χ1n) is 7.29. The van der Waals surface area contributed by atoms with E-state index in [-0.39, 0.29) is 11.9 Å². The summed E-state index contributed by atoms with van der Waals surface area (Å²) in [5, 5.41) is 0. The molecule has 22 heavy (non-hydrogen) atoms. The normalized spacial score (nSPS) is 17.5. The lowest BCUT2D eigenvalue weighted by Crippen LogP contribution is -2.30. The van der Waals surface area contributed by atoms with Crippen LogP contribution in [-0.4, -0.2) is 31.6 Å². The number of carbonyl (C=O) groups is 1. The summed E-state index contributed by atoms with van der Waals surface area (Å²) < 4.78 is 15.7. The molecule has 1 atom stereocenters. The molecule has 0 radical (unpaired) electrons. The molecule has 2 heterocycles. The van der Waals surface area contributed by atoms with Crippen LogP contribution < -0.4 is 9.47 Å². The lowest BCUT2D eigenvalue weighted by molar-refractivity contribution is 0.0733. The summed E-state index contributed by atoms with van der Waals surface area (Å²) in [6, 6.07) is 7.44. The van der Waals surface area contributed by atoms with Gasteiger partial charge in [-0.2, -0.15) is 0 Å². The van der Waals surface area contributed by atoms with Gasteiger partial charge < -0.3 is 18.8 Å². The number of nitrogens with zero attached hydrogens (tertiary/aromatic N) is 1. The van der Waals surface area contributed by atoms with Crippen LogP contribution in [0.25, 0.3) is 0 Å². The zero-order valence-corrected chi connectivity index (χ0v) is 12.7. The van der Waals surface area contributed by atoms with Crippen LogP contribution in [-0.2, 0) is 0 Å². The molecular formula is C17H19NO4. The van der Waals surface area contributed by atoms with Crippen LogP contribution in [0, 0.1) is 0 Å². The topological polar surface area (TPSA) is 51.9 Å². The molecular weight excluding hydrogens is 282 g/mol. The van der Waals surface area contributed by atoms with Gasteiger partial charge in [0, 0.05) is 18.2 Å². The van der Waals surface area contributed by atoms with Crippen LogP contribution in [0.1, 0.15) is 34.8 Å². The highest BCUT2D eigenvalue weighted by Crippen LogP contribution is 2.39. The minimum absolute atomic E-state index is 0.00544. The molecule has 0 aliphatic carbocycles. The molecule has 1 fully saturated rings. The maximum absolute atomic E-state index is 12.6. The van der Waals surface area contributed by atoms with Crippen molar-refractivity contribution in [1.82, 2.24) is 4.90 Å². The number of furan rings is 1. The molecule has 5 heteroatoms. The van der Waals surface area contributed by atoms with Crippen LogP contribution in [0.2, 0.25) is 0 Å². The van der Waals surface area contributed by atoms with Gasteiger partial charge in [-0.3, -0.25) is 4.79 Å². The third kappa shape index (κ3) is 2.54. The van der Waals surface area contributed by atoms with Gasteiger partial charge in [0.05, 0.1) is 32.1 Å². The van der Waals surface area contributed by atoms with Crippen molar-refractivity contribution in [3.05, 3.63) is 47.9 Å². The van der Waals surface area contributed by atoms with Gasteiger partial charge in [-0.25, -0.2) is 0 Å². The van der Waals surface area contributed by atoms with E-state index in [1.54, 1.807) is 20.3 Å². The average molecular weight is 301 g/mol. The van der Waals surface area contributed by atoms with Gasteiger partial charge in [-0.1, -0.05) is 0 Å². The van der Waals surface area contributed by atoms with Crippen LogP contribution in [0.15, 0.2) is 41.2 Å². The molecule has 3 rings (SSSR count). The summed E-state index contributed by atoms with van der Waals surface area (Å²) in [5.74, 6) is 1.48. The molecule has 1 saturated heterocycles. The van der Waals surface area contributed by atoms with Crippen molar-refractivity contribution < 1.29 is 18.7 Å². The van der Waals surface area contributed by atoms with Crippen molar-refractivity contribution >= 4 is 5.91 Å². The number of amides is 1. The maximum atomic E-state index is 12.6. The number of benzene rings is 1. The predicted molar refractivity (Wildman–Crippen MR) is 81.3 cm³/mol. The summed E-state index contributed by atoms with van der Waals surface area (Å²) in [5.41, 5.74) is 1.59. The Morgan fingerprint density at radius 1 is 1.27 bits per heavy atom. The van der Waals surface area contributed by atoms with E-state index in [0.29, 0.717) is 5.56 Å². The molecule has 5 nitrogen and oxygen atoms in total. The SMILES string of the molecule is COc1ccc(C2CCCN2C(=O)c2ccoc2)c(OC)c1. The summed E-state index contributed by atoms with van der Waals surface area (Å²) >= 11 is 0. The standard InChI is InChI=1S/C17H19NO4/c1-20-13-5-6-14(16(10-13)21-2)15-4-3-8-18(15)17(19)12-7-9-22-11-12/h5-7,9-11,15H,3-4,8H2,1-2H3. The number of rotatable bonds is 4. The number of carbonyl (C=O) groups excluding carboxylic acids is 1. The highest BCUT2D eigenvalue weighted by atomic mass is 16.5. The fourth-order valence-corrected chi connectivity index (χ4v) is 2.98.